The van der Waals surface area contributed by atoms with E-state index in [-0.39, 0.29) is 5.41 Å². The molecule has 2 unspecified atom stereocenters. The fourth-order valence-electron chi connectivity index (χ4n) is 3.16. The third kappa shape index (κ3) is 2.56. The van der Waals surface area contributed by atoms with Crippen LogP contribution >= 0.6 is 11.6 Å². The molecule has 0 amide bonds. The molecule has 0 aliphatic carbocycles. The number of benzene rings is 1. The molecular formula is C15H22ClNO. The lowest BCUT2D eigenvalue weighted by molar-refractivity contribution is 0.0332. The molecule has 1 fully saturated rings. The molecule has 1 aliphatic heterocycles. The molecule has 2 atom stereocenters. The van der Waals surface area contributed by atoms with Gasteiger partial charge in [0.15, 0.2) is 0 Å². The third-order valence-electron chi connectivity index (χ3n) is 4.30. The topological polar surface area (TPSA) is 21.3 Å². The Bertz CT molecular complexity index is 392. The average molecular weight is 268 g/mol. The normalized spacial score (nSPS) is 28.3. The summed E-state index contributed by atoms with van der Waals surface area (Å²) < 4.78 is 5.50. The van der Waals surface area contributed by atoms with E-state index >= 15 is 0 Å². The van der Waals surface area contributed by atoms with E-state index in [1.165, 1.54) is 5.56 Å². The standard InChI is InChI=1S/C15H22ClNO/c1-3-15(11-18-2)8-9-17-10-13(15)12-6-4-5-7-14(12)16/h4-7,13,17H,3,8-11H2,1-2H3. The maximum atomic E-state index is 6.37. The molecule has 1 aliphatic rings. The van der Waals surface area contributed by atoms with Gasteiger partial charge in [0.25, 0.3) is 0 Å². The van der Waals surface area contributed by atoms with Crippen molar-refractivity contribution in [1.29, 1.82) is 0 Å². The molecule has 18 heavy (non-hydrogen) atoms. The lowest BCUT2D eigenvalue weighted by Gasteiger charge is -2.44. The number of hydrogen-bond donors (Lipinski definition) is 1. The van der Waals surface area contributed by atoms with E-state index in [2.05, 4.69) is 24.4 Å². The lowest BCUT2D eigenvalue weighted by atomic mass is 9.66. The van der Waals surface area contributed by atoms with E-state index in [0.29, 0.717) is 5.92 Å². The van der Waals surface area contributed by atoms with E-state index < -0.39 is 0 Å². The minimum Gasteiger partial charge on any atom is -0.384 e. The van der Waals surface area contributed by atoms with Gasteiger partial charge in [-0.1, -0.05) is 36.7 Å². The van der Waals surface area contributed by atoms with Gasteiger partial charge in [0.1, 0.15) is 0 Å². The Morgan fingerprint density at radius 1 is 1.44 bits per heavy atom. The summed E-state index contributed by atoms with van der Waals surface area (Å²) in [6, 6.07) is 8.20. The molecule has 3 heteroatoms. The van der Waals surface area contributed by atoms with Crippen molar-refractivity contribution in [3.63, 3.8) is 0 Å². The number of methoxy groups -OCH3 is 1. The number of ether oxygens (including phenoxy) is 1. The molecule has 0 bridgehead atoms. The van der Waals surface area contributed by atoms with Gasteiger partial charge in [-0.15, -0.1) is 0 Å². The van der Waals surface area contributed by atoms with E-state index in [4.69, 9.17) is 16.3 Å². The number of nitrogens with one attached hydrogen (secondary N) is 1. The summed E-state index contributed by atoms with van der Waals surface area (Å²) in [4.78, 5) is 0. The molecule has 0 aromatic heterocycles. The zero-order valence-electron chi connectivity index (χ0n) is 11.2. The molecule has 0 spiro atoms. The van der Waals surface area contributed by atoms with Crippen LogP contribution in [0.2, 0.25) is 5.02 Å². The highest BCUT2D eigenvalue weighted by Crippen LogP contribution is 2.45. The summed E-state index contributed by atoms with van der Waals surface area (Å²) >= 11 is 6.37. The van der Waals surface area contributed by atoms with Crippen molar-refractivity contribution in [2.45, 2.75) is 25.7 Å². The second-order valence-corrected chi connectivity index (χ2v) is 5.58. The minimum absolute atomic E-state index is 0.213. The van der Waals surface area contributed by atoms with Crippen LogP contribution in [0, 0.1) is 5.41 Å². The molecule has 1 aromatic rings. The van der Waals surface area contributed by atoms with Crippen LogP contribution in [0.25, 0.3) is 0 Å². The predicted molar refractivity (Wildman–Crippen MR) is 76.3 cm³/mol. The van der Waals surface area contributed by atoms with Gasteiger partial charge in [-0.25, -0.2) is 0 Å². The van der Waals surface area contributed by atoms with Crippen LogP contribution in [-0.4, -0.2) is 26.8 Å². The first-order chi connectivity index (χ1) is 8.73. The van der Waals surface area contributed by atoms with Gasteiger partial charge in [-0.3, -0.25) is 0 Å². The highest BCUT2D eigenvalue weighted by Gasteiger charge is 2.40. The van der Waals surface area contributed by atoms with E-state index in [1.807, 2.05) is 12.1 Å². The van der Waals surface area contributed by atoms with Crippen molar-refractivity contribution in [3.8, 4) is 0 Å². The molecule has 2 rings (SSSR count). The highest BCUT2D eigenvalue weighted by atomic mass is 35.5. The molecule has 1 saturated heterocycles. The fraction of sp³-hybridized carbons (Fsp3) is 0.600. The Morgan fingerprint density at radius 3 is 2.89 bits per heavy atom. The smallest absolute Gasteiger partial charge is 0.0525 e. The van der Waals surface area contributed by atoms with Crippen molar-refractivity contribution in [2.75, 3.05) is 26.8 Å². The average Bonchev–Trinajstić information content (AvgIpc) is 2.40. The molecule has 0 saturated carbocycles. The Balaban J connectivity index is 2.35. The first-order valence-corrected chi connectivity index (χ1v) is 7.05. The quantitative estimate of drug-likeness (QED) is 0.902. The first-order valence-electron chi connectivity index (χ1n) is 6.67. The number of hydrogen-bond acceptors (Lipinski definition) is 2. The van der Waals surface area contributed by atoms with Crippen LogP contribution in [0.5, 0.6) is 0 Å². The van der Waals surface area contributed by atoms with Crippen molar-refractivity contribution in [3.05, 3.63) is 34.9 Å². The summed E-state index contributed by atoms with van der Waals surface area (Å²) in [6.07, 6.45) is 2.27. The van der Waals surface area contributed by atoms with E-state index in [0.717, 1.165) is 37.6 Å². The number of piperidine rings is 1. The van der Waals surface area contributed by atoms with Gasteiger partial charge in [-0.05, 0) is 31.0 Å². The SMILES string of the molecule is CCC1(COC)CCNCC1c1ccccc1Cl. The van der Waals surface area contributed by atoms with Crippen LogP contribution in [0.1, 0.15) is 31.2 Å². The Kier molecular flexibility index (Phi) is 4.66. The van der Waals surface area contributed by atoms with Gasteiger partial charge in [0, 0.05) is 30.0 Å². The van der Waals surface area contributed by atoms with Gasteiger partial charge >= 0.3 is 0 Å². The summed E-state index contributed by atoms with van der Waals surface area (Å²) in [5, 5.41) is 4.37. The van der Waals surface area contributed by atoms with Crippen LogP contribution < -0.4 is 5.32 Å². The Morgan fingerprint density at radius 2 is 2.22 bits per heavy atom. The molecule has 100 valence electrons. The minimum atomic E-state index is 0.213. The summed E-state index contributed by atoms with van der Waals surface area (Å²) in [5.74, 6) is 0.435. The second kappa shape index (κ2) is 6.05. The zero-order chi connectivity index (χ0) is 13.0. The molecule has 1 aromatic carbocycles. The molecular weight excluding hydrogens is 246 g/mol. The van der Waals surface area contributed by atoms with E-state index in [9.17, 15) is 0 Å². The van der Waals surface area contributed by atoms with E-state index in [1.54, 1.807) is 7.11 Å². The number of rotatable bonds is 4. The maximum absolute atomic E-state index is 6.37. The predicted octanol–water partition coefficient (Wildman–Crippen LogP) is 3.46. The number of halogens is 1. The highest BCUT2D eigenvalue weighted by molar-refractivity contribution is 6.31. The summed E-state index contributed by atoms with van der Waals surface area (Å²) in [5.41, 5.74) is 1.47. The van der Waals surface area contributed by atoms with Crippen molar-refractivity contribution in [1.82, 2.24) is 5.32 Å². The zero-order valence-corrected chi connectivity index (χ0v) is 12.0. The third-order valence-corrected chi connectivity index (χ3v) is 4.65. The van der Waals surface area contributed by atoms with Gasteiger partial charge in [0.2, 0.25) is 0 Å². The Labute approximate surface area is 115 Å². The summed E-state index contributed by atoms with van der Waals surface area (Å²) in [6.45, 7) is 5.12. The van der Waals surface area contributed by atoms with Crippen molar-refractivity contribution < 1.29 is 4.74 Å². The van der Waals surface area contributed by atoms with Gasteiger partial charge in [0.05, 0.1) is 6.61 Å². The molecule has 2 nitrogen and oxygen atoms in total. The van der Waals surface area contributed by atoms with Gasteiger partial charge < -0.3 is 10.1 Å². The second-order valence-electron chi connectivity index (χ2n) is 5.18. The fourth-order valence-corrected chi connectivity index (χ4v) is 3.42. The Hall–Kier alpha value is -0.570. The maximum Gasteiger partial charge on any atom is 0.0525 e. The summed E-state index contributed by atoms with van der Waals surface area (Å²) in [7, 11) is 1.79. The van der Waals surface area contributed by atoms with Gasteiger partial charge in [-0.2, -0.15) is 0 Å². The molecule has 0 radical (unpaired) electrons. The largest absolute Gasteiger partial charge is 0.384 e. The van der Waals surface area contributed by atoms with Crippen molar-refractivity contribution in [2.24, 2.45) is 5.41 Å². The first kappa shape index (κ1) is 13.9. The monoisotopic (exact) mass is 267 g/mol. The lowest BCUT2D eigenvalue weighted by Crippen LogP contribution is -2.46. The van der Waals surface area contributed by atoms with Crippen LogP contribution in [0.4, 0.5) is 0 Å². The van der Waals surface area contributed by atoms with Crippen LogP contribution in [0.15, 0.2) is 24.3 Å². The van der Waals surface area contributed by atoms with Crippen LogP contribution in [-0.2, 0) is 4.74 Å². The van der Waals surface area contributed by atoms with Crippen molar-refractivity contribution >= 4 is 11.6 Å². The molecule has 1 heterocycles. The van der Waals surface area contributed by atoms with Crippen LogP contribution in [0.3, 0.4) is 0 Å². The molecule has 1 N–H and O–H groups in total.